The zero-order chi connectivity index (χ0) is 21.0. The predicted octanol–water partition coefficient (Wildman–Crippen LogP) is 1.94. The largest absolute Gasteiger partial charge is 0.456 e. The van der Waals surface area contributed by atoms with Gasteiger partial charge in [-0.15, -0.1) is 0 Å². The van der Waals surface area contributed by atoms with Crippen molar-refractivity contribution in [3.05, 3.63) is 29.8 Å². The summed E-state index contributed by atoms with van der Waals surface area (Å²) in [5.41, 5.74) is 0.884. The van der Waals surface area contributed by atoms with Crippen molar-refractivity contribution in [2.24, 2.45) is 11.8 Å². The summed E-state index contributed by atoms with van der Waals surface area (Å²) in [5, 5.41) is 2.55. The summed E-state index contributed by atoms with van der Waals surface area (Å²) in [6.07, 6.45) is 3.19. The number of hydrogen-bond donors (Lipinski definition) is 1. The van der Waals surface area contributed by atoms with E-state index >= 15 is 0 Å². The summed E-state index contributed by atoms with van der Waals surface area (Å²) in [7, 11) is 0. The van der Waals surface area contributed by atoms with Crippen LogP contribution in [0.3, 0.4) is 0 Å². The summed E-state index contributed by atoms with van der Waals surface area (Å²) in [6, 6.07) is 6.43. The number of ketones is 1. The molecule has 1 aliphatic heterocycles. The number of fused-ring (bicyclic) bond motifs is 1. The molecule has 3 amide bonds. The minimum Gasteiger partial charge on any atom is -0.456 e. The molecule has 0 unspecified atom stereocenters. The summed E-state index contributed by atoms with van der Waals surface area (Å²) < 4.78 is 4.94. The first-order valence-electron chi connectivity index (χ1n) is 9.78. The molecule has 2 aliphatic rings. The minimum absolute atomic E-state index is 0.0220. The number of esters is 1. The van der Waals surface area contributed by atoms with Gasteiger partial charge in [-0.25, -0.2) is 0 Å². The van der Waals surface area contributed by atoms with Gasteiger partial charge in [0.25, 0.3) is 5.91 Å². The smallest absolute Gasteiger partial charge is 0.308 e. The Kier molecular flexibility index (Phi) is 6.41. The zero-order valence-electron chi connectivity index (χ0n) is 16.3. The van der Waals surface area contributed by atoms with Crippen LogP contribution in [0.15, 0.2) is 24.3 Å². The Labute approximate surface area is 168 Å². The molecule has 1 saturated heterocycles. The maximum absolute atomic E-state index is 12.4. The van der Waals surface area contributed by atoms with E-state index in [0.29, 0.717) is 11.3 Å². The number of carbonyl (C=O) groups is 5. The van der Waals surface area contributed by atoms with Crippen LogP contribution in [-0.2, 0) is 23.9 Å². The van der Waals surface area contributed by atoms with E-state index in [1.165, 1.54) is 13.0 Å². The third kappa shape index (κ3) is 4.88. The average molecular weight is 400 g/mol. The number of likely N-dealkylation sites (tertiary alicyclic amines) is 1. The molecule has 1 heterocycles. The van der Waals surface area contributed by atoms with E-state index in [0.717, 1.165) is 30.6 Å². The second-order valence-electron chi connectivity index (χ2n) is 7.42. The zero-order valence-corrected chi connectivity index (χ0v) is 16.3. The third-order valence-electron chi connectivity index (χ3n) is 5.39. The number of carbonyl (C=O) groups excluding carboxylic acids is 5. The highest BCUT2D eigenvalue weighted by atomic mass is 16.5. The highest BCUT2D eigenvalue weighted by Crippen LogP contribution is 2.37. The number of amides is 3. The minimum atomic E-state index is -0.659. The van der Waals surface area contributed by atoms with Crippen LogP contribution in [0.25, 0.3) is 0 Å². The number of Topliss-reactive ketones (excluding diaryl/α,β-unsaturated/α-hetero) is 1. The Morgan fingerprint density at radius 1 is 1.10 bits per heavy atom. The van der Waals surface area contributed by atoms with Crippen molar-refractivity contribution in [2.45, 2.75) is 39.0 Å². The molecule has 0 bridgehead atoms. The molecule has 8 heteroatoms. The molecule has 1 aromatic carbocycles. The van der Waals surface area contributed by atoms with Gasteiger partial charge in [-0.05, 0) is 31.9 Å². The van der Waals surface area contributed by atoms with Gasteiger partial charge in [-0.3, -0.25) is 28.9 Å². The van der Waals surface area contributed by atoms with Gasteiger partial charge >= 0.3 is 5.97 Å². The summed E-state index contributed by atoms with van der Waals surface area (Å²) in [6.45, 7) is 0.912. The highest BCUT2D eigenvalue weighted by molar-refractivity contribution is 6.05. The Morgan fingerprint density at radius 2 is 1.76 bits per heavy atom. The molecule has 0 aromatic heterocycles. The lowest BCUT2D eigenvalue weighted by Gasteiger charge is -2.19. The number of nitrogens with one attached hydrogen (secondary N) is 1. The number of anilines is 1. The van der Waals surface area contributed by atoms with Gasteiger partial charge in [0.15, 0.2) is 12.4 Å². The van der Waals surface area contributed by atoms with Gasteiger partial charge in [0.1, 0.15) is 0 Å². The first-order chi connectivity index (χ1) is 13.9. The van der Waals surface area contributed by atoms with E-state index in [2.05, 4.69) is 5.32 Å². The maximum Gasteiger partial charge on any atom is 0.308 e. The fourth-order valence-electron chi connectivity index (χ4n) is 3.89. The summed E-state index contributed by atoms with van der Waals surface area (Å²) >= 11 is 0. The van der Waals surface area contributed by atoms with Crippen LogP contribution >= 0.6 is 0 Å². The van der Waals surface area contributed by atoms with E-state index in [9.17, 15) is 24.0 Å². The van der Waals surface area contributed by atoms with Gasteiger partial charge in [0.2, 0.25) is 11.8 Å². The van der Waals surface area contributed by atoms with E-state index in [-0.39, 0.29) is 42.4 Å². The van der Waals surface area contributed by atoms with Crippen LogP contribution < -0.4 is 5.32 Å². The molecular weight excluding hydrogens is 376 g/mol. The number of benzene rings is 1. The van der Waals surface area contributed by atoms with Gasteiger partial charge in [0, 0.05) is 17.8 Å². The van der Waals surface area contributed by atoms with Crippen molar-refractivity contribution in [3.8, 4) is 0 Å². The molecular formula is C21H24N2O6. The van der Waals surface area contributed by atoms with Crippen molar-refractivity contribution in [3.63, 3.8) is 0 Å². The number of imide groups is 1. The fourth-order valence-corrected chi connectivity index (χ4v) is 3.89. The third-order valence-corrected chi connectivity index (χ3v) is 5.39. The normalized spacial score (nSPS) is 20.9. The lowest BCUT2D eigenvalue weighted by molar-refractivity contribution is -0.148. The predicted molar refractivity (Wildman–Crippen MR) is 103 cm³/mol. The molecule has 1 saturated carbocycles. The first-order valence-corrected chi connectivity index (χ1v) is 9.78. The van der Waals surface area contributed by atoms with Gasteiger partial charge in [0.05, 0.1) is 18.3 Å². The van der Waals surface area contributed by atoms with Gasteiger partial charge in [-0.2, -0.15) is 0 Å². The summed E-state index contributed by atoms with van der Waals surface area (Å²) in [4.78, 5) is 61.2. The molecule has 1 aliphatic carbocycles. The Hall–Kier alpha value is -3.03. The molecule has 0 spiro atoms. The van der Waals surface area contributed by atoms with Crippen LogP contribution in [0, 0.1) is 11.8 Å². The van der Waals surface area contributed by atoms with Crippen molar-refractivity contribution in [2.75, 3.05) is 18.5 Å². The van der Waals surface area contributed by atoms with Gasteiger partial charge in [-0.1, -0.05) is 25.0 Å². The van der Waals surface area contributed by atoms with E-state index < -0.39 is 18.5 Å². The second kappa shape index (κ2) is 8.98. The molecule has 29 heavy (non-hydrogen) atoms. The molecule has 0 radical (unpaired) electrons. The Morgan fingerprint density at radius 3 is 2.38 bits per heavy atom. The Balaban J connectivity index is 1.43. The maximum atomic E-state index is 12.4. The molecule has 154 valence electrons. The quantitative estimate of drug-likeness (QED) is 0.425. The Bertz CT molecular complexity index is 825. The van der Waals surface area contributed by atoms with E-state index in [1.54, 1.807) is 18.2 Å². The standard InChI is InChI=1S/C21H24N2O6/c1-13(24)14-5-4-6-15(11-14)22-18(25)12-29-19(26)9-10-23-20(27)16-7-2-3-8-17(16)21(23)28/h4-6,11,16-17H,2-3,7-10,12H2,1H3,(H,22,25)/t16-,17-/m0/s1. The molecule has 8 nitrogen and oxygen atoms in total. The van der Waals surface area contributed by atoms with Gasteiger partial charge < -0.3 is 10.1 Å². The molecule has 2 fully saturated rings. The van der Waals surface area contributed by atoms with Crippen molar-refractivity contribution < 1.29 is 28.7 Å². The molecule has 3 rings (SSSR count). The summed E-state index contributed by atoms with van der Waals surface area (Å²) in [5.74, 6) is -2.22. The molecule has 1 aromatic rings. The highest BCUT2D eigenvalue weighted by Gasteiger charge is 2.47. The number of hydrogen-bond acceptors (Lipinski definition) is 6. The number of ether oxygens (including phenoxy) is 1. The number of rotatable bonds is 7. The van der Waals surface area contributed by atoms with Crippen molar-refractivity contribution in [1.29, 1.82) is 0 Å². The van der Waals surface area contributed by atoms with Crippen molar-refractivity contribution in [1.82, 2.24) is 4.90 Å². The SMILES string of the molecule is CC(=O)c1cccc(NC(=O)COC(=O)CCN2C(=O)[C@H]3CCCC[C@@H]3C2=O)c1. The van der Waals surface area contributed by atoms with Crippen LogP contribution in [-0.4, -0.2) is 47.5 Å². The monoisotopic (exact) mass is 400 g/mol. The number of nitrogens with zero attached hydrogens (tertiary/aromatic N) is 1. The fraction of sp³-hybridized carbons (Fsp3) is 0.476. The van der Waals surface area contributed by atoms with Crippen LogP contribution in [0.2, 0.25) is 0 Å². The lowest BCUT2D eigenvalue weighted by atomic mass is 9.81. The molecule has 1 N–H and O–H groups in total. The van der Waals surface area contributed by atoms with Crippen molar-refractivity contribution >= 4 is 35.2 Å². The molecule has 2 atom stereocenters. The second-order valence-corrected chi connectivity index (χ2v) is 7.42. The van der Waals surface area contributed by atoms with Crippen LogP contribution in [0.5, 0.6) is 0 Å². The topological polar surface area (TPSA) is 110 Å². The van der Waals surface area contributed by atoms with Crippen LogP contribution in [0.1, 0.15) is 49.4 Å². The van der Waals surface area contributed by atoms with E-state index in [1.807, 2.05) is 0 Å². The average Bonchev–Trinajstić information content (AvgIpc) is 2.95. The van der Waals surface area contributed by atoms with E-state index in [4.69, 9.17) is 4.74 Å². The lowest BCUT2D eigenvalue weighted by Crippen LogP contribution is -2.33. The first kappa shape index (κ1) is 20.7. The van der Waals surface area contributed by atoms with Crippen LogP contribution in [0.4, 0.5) is 5.69 Å².